The van der Waals surface area contributed by atoms with E-state index in [0.717, 1.165) is 17.5 Å². The topological polar surface area (TPSA) is 67.8 Å². The summed E-state index contributed by atoms with van der Waals surface area (Å²) in [7, 11) is 0. The van der Waals surface area contributed by atoms with Gasteiger partial charge in [-0.05, 0) is 35.9 Å². The lowest BCUT2D eigenvalue weighted by molar-refractivity contribution is -0.137. The highest BCUT2D eigenvalue weighted by Crippen LogP contribution is 2.32. The van der Waals surface area contributed by atoms with Gasteiger partial charge in [0.1, 0.15) is 0 Å². The maximum absolute atomic E-state index is 13.0. The highest BCUT2D eigenvalue weighted by Gasteiger charge is 2.30. The number of pyridine rings is 1. The quantitative estimate of drug-likeness (QED) is 0.522. The van der Waals surface area contributed by atoms with E-state index < -0.39 is 11.7 Å². The maximum Gasteiger partial charge on any atom is 0.416 e. The van der Waals surface area contributed by atoms with Crippen LogP contribution in [-0.4, -0.2) is 21.1 Å². The number of carbonyl (C=O) groups excluding carboxylic acids is 1. The first kappa shape index (κ1) is 19.5. The van der Waals surface area contributed by atoms with Crippen molar-refractivity contribution in [3.63, 3.8) is 0 Å². The first-order valence-electron chi connectivity index (χ1n) is 9.04. The molecule has 2 heterocycles. The van der Waals surface area contributed by atoms with Gasteiger partial charge >= 0.3 is 6.18 Å². The third kappa shape index (κ3) is 4.27. The number of rotatable bonds is 4. The van der Waals surface area contributed by atoms with Crippen LogP contribution in [0.1, 0.15) is 11.1 Å². The minimum atomic E-state index is -4.43. The molecule has 0 radical (unpaired) electrons. The summed E-state index contributed by atoms with van der Waals surface area (Å²) in [6.45, 7) is 0. The molecule has 0 fully saturated rings. The number of anilines is 1. The van der Waals surface area contributed by atoms with Gasteiger partial charge in [-0.2, -0.15) is 18.3 Å². The molecule has 0 aliphatic carbocycles. The molecule has 5 nitrogen and oxygen atoms in total. The first-order valence-corrected chi connectivity index (χ1v) is 9.04. The van der Waals surface area contributed by atoms with Crippen LogP contribution in [0, 0.1) is 0 Å². The molecule has 0 aliphatic rings. The Morgan fingerprint density at radius 3 is 2.57 bits per heavy atom. The number of hydrogen-bond acceptors (Lipinski definition) is 4. The monoisotopic (exact) mass is 408 g/mol. The van der Waals surface area contributed by atoms with Crippen molar-refractivity contribution < 1.29 is 18.0 Å². The SMILES string of the molecule is O=C(Cc1cccc2ccc(-c3cccc(C(F)(F)F)c3)nc12)Nc1cccnn1. The Morgan fingerprint density at radius 1 is 0.967 bits per heavy atom. The Kier molecular flexibility index (Phi) is 5.14. The highest BCUT2D eigenvalue weighted by atomic mass is 19.4. The van der Waals surface area contributed by atoms with Crippen LogP contribution in [0.25, 0.3) is 22.2 Å². The number of carbonyl (C=O) groups is 1. The molecule has 150 valence electrons. The van der Waals surface area contributed by atoms with Gasteiger partial charge in [-0.15, -0.1) is 5.10 Å². The summed E-state index contributed by atoms with van der Waals surface area (Å²) in [6.07, 6.45) is -2.90. The molecule has 0 unspecified atom stereocenters. The van der Waals surface area contributed by atoms with Crippen molar-refractivity contribution in [3.05, 3.63) is 84.1 Å². The molecule has 1 N–H and O–H groups in total. The second kappa shape index (κ2) is 7.90. The van der Waals surface area contributed by atoms with Gasteiger partial charge in [0.05, 0.1) is 23.2 Å². The van der Waals surface area contributed by atoms with E-state index in [2.05, 4.69) is 20.5 Å². The van der Waals surface area contributed by atoms with E-state index in [-0.39, 0.29) is 12.3 Å². The third-order valence-electron chi connectivity index (χ3n) is 4.48. The Hall–Kier alpha value is -3.81. The van der Waals surface area contributed by atoms with E-state index in [1.165, 1.54) is 12.3 Å². The number of nitrogens with zero attached hydrogens (tertiary/aromatic N) is 3. The van der Waals surface area contributed by atoms with Crippen LogP contribution in [0.3, 0.4) is 0 Å². The molecule has 0 aliphatic heterocycles. The van der Waals surface area contributed by atoms with E-state index in [4.69, 9.17) is 0 Å². The number of halogens is 3. The number of fused-ring (bicyclic) bond motifs is 1. The molecule has 4 aromatic rings. The van der Waals surface area contributed by atoms with E-state index in [9.17, 15) is 18.0 Å². The highest BCUT2D eigenvalue weighted by molar-refractivity contribution is 5.95. The normalized spacial score (nSPS) is 11.4. The molecule has 2 aromatic carbocycles. The third-order valence-corrected chi connectivity index (χ3v) is 4.48. The van der Waals surface area contributed by atoms with Crippen LogP contribution < -0.4 is 5.32 Å². The number of benzene rings is 2. The summed E-state index contributed by atoms with van der Waals surface area (Å²) in [5, 5.41) is 11.0. The minimum absolute atomic E-state index is 0.0347. The molecule has 0 saturated heterocycles. The number of amides is 1. The number of alkyl halides is 3. The zero-order valence-electron chi connectivity index (χ0n) is 15.5. The van der Waals surface area contributed by atoms with Crippen molar-refractivity contribution in [2.24, 2.45) is 0 Å². The maximum atomic E-state index is 13.0. The molecule has 8 heteroatoms. The Morgan fingerprint density at radius 2 is 1.80 bits per heavy atom. The van der Waals surface area contributed by atoms with Gasteiger partial charge in [-0.1, -0.05) is 36.4 Å². The Bertz CT molecular complexity index is 1210. The lowest BCUT2D eigenvalue weighted by Gasteiger charge is -2.11. The lowest BCUT2D eigenvalue weighted by atomic mass is 10.0. The fourth-order valence-electron chi connectivity index (χ4n) is 3.09. The number of nitrogens with one attached hydrogen (secondary N) is 1. The second-order valence-electron chi connectivity index (χ2n) is 6.60. The van der Waals surface area contributed by atoms with Gasteiger partial charge in [-0.25, -0.2) is 4.98 Å². The van der Waals surface area contributed by atoms with E-state index in [1.807, 2.05) is 6.07 Å². The molecule has 30 heavy (non-hydrogen) atoms. The summed E-state index contributed by atoms with van der Waals surface area (Å²) >= 11 is 0. The summed E-state index contributed by atoms with van der Waals surface area (Å²) < 4.78 is 39.1. The number of aromatic nitrogens is 3. The molecular weight excluding hydrogens is 393 g/mol. The molecule has 0 atom stereocenters. The molecule has 0 spiro atoms. The van der Waals surface area contributed by atoms with Crippen LogP contribution in [0.5, 0.6) is 0 Å². The fourth-order valence-corrected chi connectivity index (χ4v) is 3.09. The average molecular weight is 408 g/mol. The Labute approximate surface area is 169 Å². The molecule has 1 amide bonds. The number of para-hydroxylation sites is 1. The predicted molar refractivity (Wildman–Crippen MR) is 107 cm³/mol. The van der Waals surface area contributed by atoms with Gasteiger partial charge in [0, 0.05) is 17.1 Å². The standard InChI is InChI=1S/C22H15F3N4O/c23-22(24,25)17-7-2-5-15(12-17)18-10-9-14-4-1-6-16(21(14)27-18)13-20(30)28-19-8-3-11-26-29-19/h1-12H,13H2,(H,28,29,30). The van der Waals surface area contributed by atoms with Crippen molar-refractivity contribution >= 4 is 22.6 Å². The molecular formula is C22H15F3N4O. The largest absolute Gasteiger partial charge is 0.416 e. The average Bonchev–Trinajstić information content (AvgIpc) is 2.74. The van der Waals surface area contributed by atoms with Crippen molar-refractivity contribution in [3.8, 4) is 11.3 Å². The van der Waals surface area contributed by atoms with Crippen molar-refractivity contribution in [1.82, 2.24) is 15.2 Å². The summed E-state index contributed by atoms with van der Waals surface area (Å²) in [4.78, 5) is 17.0. The van der Waals surface area contributed by atoms with E-state index in [1.54, 1.807) is 42.5 Å². The zero-order chi connectivity index (χ0) is 21.1. The molecule has 0 bridgehead atoms. The predicted octanol–water partition coefficient (Wildman–Crippen LogP) is 4.89. The van der Waals surface area contributed by atoms with Gasteiger partial charge in [0.15, 0.2) is 5.82 Å². The van der Waals surface area contributed by atoms with Crippen LogP contribution in [0.4, 0.5) is 19.0 Å². The second-order valence-corrected chi connectivity index (χ2v) is 6.60. The summed E-state index contributed by atoms with van der Waals surface area (Å²) in [5.41, 5.74) is 1.23. The van der Waals surface area contributed by atoms with Crippen molar-refractivity contribution in [2.75, 3.05) is 5.32 Å². The van der Waals surface area contributed by atoms with Crippen LogP contribution in [0.15, 0.2) is 72.9 Å². The van der Waals surface area contributed by atoms with E-state index >= 15 is 0 Å². The van der Waals surface area contributed by atoms with Gasteiger partial charge < -0.3 is 5.32 Å². The van der Waals surface area contributed by atoms with Gasteiger partial charge in [0.2, 0.25) is 5.91 Å². The first-order chi connectivity index (χ1) is 14.4. The van der Waals surface area contributed by atoms with Crippen molar-refractivity contribution in [2.45, 2.75) is 12.6 Å². The van der Waals surface area contributed by atoms with Gasteiger partial charge in [0.25, 0.3) is 0 Å². The molecule has 0 saturated carbocycles. The minimum Gasteiger partial charge on any atom is -0.309 e. The summed E-state index contributed by atoms with van der Waals surface area (Å²) in [6, 6.07) is 17.1. The fraction of sp³-hybridized carbons (Fsp3) is 0.0909. The zero-order valence-corrected chi connectivity index (χ0v) is 15.5. The number of hydrogen-bond donors (Lipinski definition) is 1. The van der Waals surface area contributed by atoms with Crippen LogP contribution in [-0.2, 0) is 17.4 Å². The lowest BCUT2D eigenvalue weighted by Crippen LogP contribution is -2.15. The van der Waals surface area contributed by atoms with Gasteiger partial charge in [-0.3, -0.25) is 4.79 Å². The van der Waals surface area contributed by atoms with Crippen LogP contribution in [0.2, 0.25) is 0 Å². The Balaban J connectivity index is 1.67. The van der Waals surface area contributed by atoms with Crippen LogP contribution >= 0.6 is 0 Å². The molecule has 2 aromatic heterocycles. The summed E-state index contributed by atoms with van der Waals surface area (Å²) in [5.74, 6) is 0.0367. The molecule has 4 rings (SSSR count). The van der Waals surface area contributed by atoms with Crippen molar-refractivity contribution in [1.29, 1.82) is 0 Å². The van der Waals surface area contributed by atoms with E-state index in [0.29, 0.717) is 28.2 Å². The smallest absolute Gasteiger partial charge is 0.309 e.